The fraction of sp³-hybridized carbons (Fsp3) is 0.855. The van der Waals surface area contributed by atoms with Gasteiger partial charge in [-0.1, -0.05) is 65.9 Å². The Labute approximate surface area is 398 Å². The van der Waals surface area contributed by atoms with Gasteiger partial charge in [-0.25, -0.2) is 9.97 Å². The van der Waals surface area contributed by atoms with Crippen LogP contribution in [0.25, 0.3) is 0 Å². The number of aromatic amines is 1. The van der Waals surface area contributed by atoms with Crippen LogP contribution in [0.5, 0.6) is 0 Å². The maximum Gasteiger partial charge on any atom is 0.156 e. The lowest BCUT2D eigenvalue weighted by Crippen LogP contribution is -2.55. The second-order valence-corrected chi connectivity index (χ2v) is 24.5. The van der Waals surface area contributed by atoms with Crippen molar-refractivity contribution in [3.63, 3.8) is 0 Å². The molecule has 3 N–H and O–H groups in total. The Morgan fingerprint density at radius 3 is 1.48 bits per heavy atom. The highest BCUT2D eigenvalue weighted by atomic mass is 79.9. The number of hydrogen-bond donors (Lipinski definition) is 3. The van der Waals surface area contributed by atoms with Crippen molar-refractivity contribution in [3.8, 4) is 0 Å². The third-order valence-corrected chi connectivity index (χ3v) is 21.3. The van der Waals surface area contributed by atoms with Crippen LogP contribution < -0.4 is 0 Å². The molecule has 364 valence electrons. The van der Waals surface area contributed by atoms with Gasteiger partial charge in [-0.2, -0.15) is 0 Å². The molecule has 0 bridgehead atoms. The molecule has 0 spiro atoms. The van der Waals surface area contributed by atoms with Gasteiger partial charge in [0.2, 0.25) is 0 Å². The zero-order valence-electron chi connectivity index (χ0n) is 39.2. The van der Waals surface area contributed by atoms with Gasteiger partial charge in [0.05, 0.1) is 23.1 Å². The molecule has 0 unspecified atom stereocenters. The first-order valence-electron chi connectivity index (χ1n) is 24.7. The number of H-pyrrole nitrogens is 1. The van der Waals surface area contributed by atoms with Crippen LogP contribution in [-0.2, 0) is 16.1 Å². The van der Waals surface area contributed by atoms with Gasteiger partial charge in [0.25, 0.3) is 0 Å². The van der Waals surface area contributed by atoms with E-state index in [1.165, 1.54) is 77.0 Å². The monoisotopic (exact) mass is 953 g/mol. The molecule has 2 aromatic rings. The van der Waals surface area contributed by atoms with Gasteiger partial charge in [0, 0.05) is 36.6 Å². The van der Waals surface area contributed by atoms with Crippen molar-refractivity contribution in [3.05, 3.63) is 36.4 Å². The Bertz CT molecular complexity index is 1880. The maximum absolute atomic E-state index is 13.4. The van der Waals surface area contributed by atoms with Crippen LogP contribution in [0.2, 0.25) is 0 Å². The van der Waals surface area contributed by atoms with Crippen molar-refractivity contribution in [2.24, 2.45) is 80.8 Å². The van der Waals surface area contributed by atoms with Crippen molar-refractivity contribution in [1.82, 2.24) is 19.5 Å². The molecule has 2 aromatic heterocycles. The summed E-state index contributed by atoms with van der Waals surface area (Å²) < 4.78 is 2.02. The molecule has 8 fully saturated rings. The second kappa shape index (κ2) is 19.6. The van der Waals surface area contributed by atoms with E-state index in [9.17, 15) is 19.8 Å². The molecule has 64 heavy (non-hydrogen) atoms. The van der Waals surface area contributed by atoms with Gasteiger partial charge in [-0.15, -0.1) is 0 Å². The number of fused-ring (bicyclic) bond motifs is 10. The van der Waals surface area contributed by atoms with Crippen LogP contribution in [0.1, 0.15) is 191 Å². The second-order valence-electron chi connectivity index (χ2n) is 23.9. The first-order valence-corrected chi connectivity index (χ1v) is 25.9. The number of hydrogen-bond acceptors (Lipinski definition) is 6. The number of ketones is 2. The summed E-state index contributed by atoms with van der Waals surface area (Å²) in [6, 6.07) is 0. The molecule has 8 aliphatic carbocycles. The fourth-order valence-corrected chi connectivity index (χ4v) is 17.6. The highest BCUT2D eigenvalue weighted by Gasteiger charge is 2.63. The topological polar surface area (TPSA) is 121 Å². The number of halogens is 1. The molecule has 0 aliphatic heterocycles. The van der Waals surface area contributed by atoms with E-state index in [1.54, 1.807) is 18.6 Å². The third kappa shape index (κ3) is 9.46. The molecular formula is C55H93BrN4O4. The zero-order valence-corrected chi connectivity index (χ0v) is 40.7. The number of aliphatic hydroxyl groups is 2. The molecule has 0 amide bonds. The quantitative estimate of drug-likeness (QED) is 0.257. The molecular weight excluding hydrogens is 861 g/mol. The Hall–Kier alpha value is -1.84. The first kappa shape index (κ1) is 53.1. The molecule has 0 radical (unpaired) electrons. The number of aryl methyl sites for hydroxylation is 2. The summed E-state index contributed by atoms with van der Waals surface area (Å²) in [4.78, 5) is 36.9. The van der Waals surface area contributed by atoms with Crippen LogP contribution in [0.15, 0.2) is 24.8 Å². The molecule has 8 aliphatic rings. The molecule has 0 saturated heterocycles. The molecule has 0 aromatic carbocycles. The van der Waals surface area contributed by atoms with Crippen molar-refractivity contribution >= 4 is 27.5 Å². The SMILES string of the molecule is C.C.C.C[C@@]1(O)CC[C@@]2(C)[C@H](CC[C@@H]3[C@@H]2CC[C@]2(C)[C@@H](C(=O)CBr)CC[C@@H]32)C1.Cc1ncc[nH]1.Cc1nccn1CC(=O)[C@H]1CC[C@H]2[C@@H]3CC[C@@H]4C[C@](C)(O)CC[C@]4(C)[C@H]3CC[C@]12C. The summed E-state index contributed by atoms with van der Waals surface area (Å²) in [6.45, 7) is 18.5. The van der Waals surface area contributed by atoms with E-state index in [2.05, 4.69) is 58.6 Å². The van der Waals surface area contributed by atoms with Gasteiger partial charge in [-0.05, 0) is 212 Å². The normalized spacial score (nSPS) is 44.9. The fourth-order valence-electron chi connectivity index (χ4n) is 17.2. The van der Waals surface area contributed by atoms with E-state index < -0.39 is 11.2 Å². The highest BCUT2D eigenvalue weighted by Crippen LogP contribution is 2.70. The highest BCUT2D eigenvalue weighted by molar-refractivity contribution is 9.09. The number of rotatable bonds is 5. The minimum absolute atomic E-state index is 0. The van der Waals surface area contributed by atoms with Crippen LogP contribution >= 0.6 is 15.9 Å². The Morgan fingerprint density at radius 1 is 0.625 bits per heavy atom. The summed E-state index contributed by atoms with van der Waals surface area (Å²) in [5.41, 5.74) is 0.329. The predicted molar refractivity (Wildman–Crippen MR) is 266 cm³/mol. The predicted octanol–water partition coefficient (Wildman–Crippen LogP) is 13.2. The lowest BCUT2D eigenvalue weighted by atomic mass is 9.44. The van der Waals surface area contributed by atoms with E-state index in [-0.39, 0.29) is 44.9 Å². The van der Waals surface area contributed by atoms with Crippen molar-refractivity contribution in [2.45, 2.75) is 211 Å². The van der Waals surface area contributed by atoms with E-state index in [0.717, 1.165) is 79.8 Å². The van der Waals surface area contributed by atoms with Gasteiger partial charge in [0.15, 0.2) is 5.78 Å². The van der Waals surface area contributed by atoms with E-state index in [0.29, 0.717) is 52.0 Å². The third-order valence-electron chi connectivity index (χ3n) is 20.7. The molecule has 10 rings (SSSR count). The summed E-state index contributed by atoms with van der Waals surface area (Å²) in [7, 11) is 0. The lowest BCUT2D eigenvalue weighted by molar-refractivity contribution is -0.151. The van der Waals surface area contributed by atoms with Crippen molar-refractivity contribution in [2.75, 3.05) is 5.33 Å². The number of aromatic nitrogens is 4. The smallest absolute Gasteiger partial charge is 0.156 e. The van der Waals surface area contributed by atoms with Crippen LogP contribution in [0.3, 0.4) is 0 Å². The van der Waals surface area contributed by atoms with Crippen LogP contribution in [-0.4, -0.2) is 57.8 Å². The largest absolute Gasteiger partial charge is 0.390 e. The molecule has 9 heteroatoms. The number of Topliss-reactive ketones (excluding diaryl/α,β-unsaturated/α-hetero) is 2. The van der Waals surface area contributed by atoms with Crippen LogP contribution in [0, 0.1) is 94.7 Å². The lowest BCUT2D eigenvalue weighted by Gasteiger charge is -2.61. The number of alkyl halides is 1. The van der Waals surface area contributed by atoms with Crippen molar-refractivity contribution < 1.29 is 19.8 Å². The van der Waals surface area contributed by atoms with Crippen molar-refractivity contribution in [1.29, 1.82) is 0 Å². The molecule has 8 nitrogen and oxygen atoms in total. The minimum Gasteiger partial charge on any atom is -0.390 e. The van der Waals surface area contributed by atoms with Gasteiger partial charge in [-0.3, -0.25) is 9.59 Å². The van der Waals surface area contributed by atoms with Gasteiger partial charge < -0.3 is 19.8 Å². The van der Waals surface area contributed by atoms with E-state index >= 15 is 0 Å². The maximum atomic E-state index is 13.4. The molecule has 2 heterocycles. The number of carbonyl (C=O) groups excluding carboxylic acids is 2. The van der Waals surface area contributed by atoms with Gasteiger partial charge >= 0.3 is 0 Å². The van der Waals surface area contributed by atoms with E-state index in [1.807, 2.05) is 38.5 Å². The average Bonchev–Trinajstić information content (AvgIpc) is 4.01. The minimum atomic E-state index is -0.462. The Kier molecular flexibility index (Phi) is 16.3. The first-order chi connectivity index (χ1) is 28.7. The Balaban J connectivity index is 0.000000206. The summed E-state index contributed by atoms with van der Waals surface area (Å²) in [5.74, 6) is 9.29. The number of imidazole rings is 2. The van der Waals surface area contributed by atoms with E-state index in [4.69, 9.17) is 0 Å². The summed E-state index contributed by atoms with van der Waals surface area (Å²) in [5, 5.41) is 21.8. The number of nitrogens with zero attached hydrogens (tertiary/aromatic N) is 3. The molecule has 16 atom stereocenters. The zero-order chi connectivity index (χ0) is 43.8. The average molecular weight is 954 g/mol. The summed E-state index contributed by atoms with van der Waals surface area (Å²) >= 11 is 3.43. The summed E-state index contributed by atoms with van der Waals surface area (Å²) in [6.07, 6.45) is 28.5. The standard InChI is InChI=1S/C26H40N2O2.C22H35BrO2.C4H6N2.3CH4/c1-17-27-13-14-28(17)16-23(29)22-8-7-20-19-6-5-18-15-24(2,30)11-12-25(18,3)21(19)9-10-26(20,22)4;1-20(25)10-11-21(2)14(12-20)4-5-15-16-6-7-18(19(24)13-23)22(16,3)9-8-17(15)21;1-4-5-2-3-6-4;;;/h13-14,18-22,30H,5-12,15-16H2,1-4H3;14-18,25H,4-13H2,1-3H3;2-3H,1H3,(H,5,6);3*1H4/t18-,19+,20+,21+,22-,24-,25+,26+;14-,15+,16+,17+,18-,20-,21+,22+;;;;/m11..../s1. The number of carbonyl (C=O) groups is 2. The van der Waals surface area contributed by atoms with Crippen LogP contribution in [0.4, 0.5) is 0 Å². The Morgan fingerprint density at radius 2 is 1.09 bits per heavy atom. The number of nitrogens with one attached hydrogen (secondary N) is 1. The van der Waals surface area contributed by atoms with Gasteiger partial charge in [0.1, 0.15) is 17.4 Å². The molecule has 8 saturated carbocycles.